The minimum Gasteiger partial charge on any atom is -0.423 e. The summed E-state index contributed by atoms with van der Waals surface area (Å²) in [7, 11) is -3.87. The van der Waals surface area contributed by atoms with Gasteiger partial charge < -0.3 is 9.73 Å². The fourth-order valence-corrected chi connectivity index (χ4v) is 4.87. The predicted octanol–water partition coefficient (Wildman–Crippen LogP) is 1.66. The second-order valence-electron chi connectivity index (χ2n) is 6.92. The molecule has 0 spiro atoms. The first-order valence-corrected chi connectivity index (χ1v) is 10.6. The summed E-state index contributed by atoms with van der Waals surface area (Å²) in [5.74, 6) is -0.0746. The molecule has 1 N–H and O–H groups in total. The molecule has 1 amide bonds. The number of pyridine rings is 1. The van der Waals surface area contributed by atoms with Gasteiger partial charge in [-0.05, 0) is 42.3 Å². The van der Waals surface area contributed by atoms with Crippen LogP contribution in [0, 0.1) is 0 Å². The third-order valence-corrected chi connectivity index (χ3v) is 6.63. The molecule has 0 radical (unpaired) electrons. The van der Waals surface area contributed by atoms with Crippen molar-refractivity contribution in [3.63, 3.8) is 0 Å². The molecule has 0 unspecified atom stereocenters. The summed E-state index contributed by atoms with van der Waals surface area (Å²) in [5.41, 5.74) is 0.564. The first kappa shape index (κ1) is 19.3. The van der Waals surface area contributed by atoms with E-state index in [1.807, 2.05) is 0 Å². The third kappa shape index (κ3) is 4.20. The smallest absolute Gasteiger partial charge is 0.336 e. The average molecular weight is 413 g/mol. The van der Waals surface area contributed by atoms with E-state index in [-0.39, 0.29) is 29.9 Å². The molecule has 1 aliphatic heterocycles. The summed E-state index contributed by atoms with van der Waals surface area (Å²) >= 11 is 0. The van der Waals surface area contributed by atoms with Crippen molar-refractivity contribution in [2.24, 2.45) is 0 Å². The van der Waals surface area contributed by atoms with Crippen LogP contribution in [0.15, 0.2) is 69.0 Å². The van der Waals surface area contributed by atoms with Gasteiger partial charge in [0.05, 0.1) is 4.90 Å². The van der Waals surface area contributed by atoms with Crippen molar-refractivity contribution in [3.8, 4) is 0 Å². The highest BCUT2D eigenvalue weighted by atomic mass is 32.2. The van der Waals surface area contributed by atoms with Crippen LogP contribution in [0.1, 0.15) is 18.4 Å². The maximum absolute atomic E-state index is 13.4. The number of fused-ring (bicyclic) bond motifs is 1. The number of carbonyl (C=O) groups is 1. The van der Waals surface area contributed by atoms with Crippen LogP contribution in [-0.2, 0) is 21.4 Å². The fourth-order valence-electron chi connectivity index (χ4n) is 3.36. The van der Waals surface area contributed by atoms with E-state index in [1.165, 1.54) is 34.6 Å². The van der Waals surface area contributed by atoms with E-state index in [1.54, 1.807) is 24.5 Å². The van der Waals surface area contributed by atoms with Gasteiger partial charge in [0.1, 0.15) is 5.58 Å². The van der Waals surface area contributed by atoms with E-state index >= 15 is 0 Å². The number of sulfonamides is 1. The molecule has 1 aromatic carbocycles. The molecule has 0 aliphatic carbocycles. The highest BCUT2D eigenvalue weighted by Crippen LogP contribution is 2.24. The molecule has 1 fully saturated rings. The second kappa shape index (κ2) is 7.76. The standard InChI is InChI=1S/C20H19N3O5S/c24-19-7-4-16(22-19)13-23(12-14-2-1-9-21-11-14)29(26,27)17-5-6-18-15(10-17)3-8-20(25)28-18/h1-3,5-6,8-11,16H,4,7,12-13H2,(H,22,24)/t16-/m0/s1. The average Bonchev–Trinajstić information content (AvgIpc) is 3.12. The summed E-state index contributed by atoms with van der Waals surface area (Å²) in [6, 6.07) is 10.5. The van der Waals surface area contributed by atoms with Gasteiger partial charge in [-0.15, -0.1) is 0 Å². The maximum atomic E-state index is 13.4. The zero-order valence-electron chi connectivity index (χ0n) is 15.4. The summed E-state index contributed by atoms with van der Waals surface area (Å²) in [4.78, 5) is 27.1. The SMILES string of the molecule is O=C1CC[C@@H](CN(Cc2cccnc2)S(=O)(=O)c2ccc3oc(=O)ccc3c2)N1. The van der Waals surface area contributed by atoms with Gasteiger partial charge in [0.2, 0.25) is 15.9 Å². The van der Waals surface area contributed by atoms with Crippen LogP contribution in [0.5, 0.6) is 0 Å². The van der Waals surface area contributed by atoms with Gasteiger partial charge in [-0.25, -0.2) is 13.2 Å². The topological polar surface area (TPSA) is 110 Å². The number of benzene rings is 1. The fraction of sp³-hybridized carbons (Fsp3) is 0.250. The van der Waals surface area contributed by atoms with E-state index in [9.17, 15) is 18.0 Å². The van der Waals surface area contributed by atoms with Gasteiger partial charge in [0.25, 0.3) is 0 Å². The van der Waals surface area contributed by atoms with E-state index < -0.39 is 15.6 Å². The number of aromatic nitrogens is 1. The maximum Gasteiger partial charge on any atom is 0.336 e. The summed E-state index contributed by atoms with van der Waals surface area (Å²) in [6.07, 6.45) is 4.21. The molecular weight excluding hydrogens is 394 g/mol. The zero-order chi connectivity index (χ0) is 20.4. The van der Waals surface area contributed by atoms with Crippen molar-refractivity contribution in [1.29, 1.82) is 0 Å². The van der Waals surface area contributed by atoms with Crippen molar-refractivity contribution < 1.29 is 17.6 Å². The molecule has 8 nitrogen and oxygen atoms in total. The first-order chi connectivity index (χ1) is 13.9. The Morgan fingerprint density at radius 1 is 1.17 bits per heavy atom. The van der Waals surface area contributed by atoms with E-state index in [2.05, 4.69) is 10.3 Å². The Kier molecular flexibility index (Phi) is 5.16. The van der Waals surface area contributed by atoms with Crippen LogP contribution < -0.4 is 10.9 Å². The number of hydrogen-bond donors (Lipinski definition) is 1. The Morgan fingerprint density at radius 2 is 2.03 bits per heavy atom. The first-order valence-electron chi connectivity index (χ1n) is 9.14. The van der Waals surface area contributed by atoms with Crippen molar-refractivity contribution in [1.82, 2.24) is 14.6 Å². The van der Waals surface area contributed by atoms with Gasteiger partial charge in [0, 0.05) is 49.4 Å². The van der Waals surface area contributed by atoms with E-state index in [0.717, 1.165) is 5.56 Å². The lowest BCUT2D eigenvalue weighted by atomic mass is 10.2. The monoisotopic (exact) mass is 413 g/mol. The molecule has 1 saturated heterocycles. The van der Waals surface area contributed by atoms with Crippen molar-refractivity contribution >= 4 is 26.9 Å². The molecule has 1 aliphatic rings. The van der Waals surface area contributed by atoms with Gasteiger partial charge in [-0.3, -0.25) is 9.78 Å². The predicted molar refractivity (Wildman–Crippen MR) is 105 cm³/mol. The highest BCUT2D eigenvalue weighted by Gasteiger charge is 2.30. The Hall–Kier alpha value is -3.04. The van der Waals surface area contributed by atoms with Gasteiger partial charge >= 0.3 is 5.63 Å². The van der Waals surface area contributed by atoms with Crippen molar-refractivity contribution in [2.45, 2.75) is 30.3 Å². The Bertz CT molecular complexity index is 1210. The lowest BCUT2D eigenvalue weighted by molar-refractivity contribution is -0.119. The van der Waals surface area contributed by atoms with E-state index in [0.29, 0.717) is 23.8 Å². The van der Waals surface area contributed by atoms with Crippen LogP contribution in [0.25, 0.3) is 11.0 Å². The van der Waals surface area contributed by atoms with Crippen LogP contribution in [0.4, 0.5) is 0 Å². The van der Waals surface area contributed by atoms with Crippen LogP contribution >= 0.6 is 0 Å². The van der Waals surface area contributed by atoms with Crippen molar-refractivity contribution in [2.75, 3.05) is 6.54 Å². The zero-order valence-corrected chi connectivity index (χ0v) is 16.3. The number of nitrogens with one attached hydrogen (secondary N) is 1. The number of carbonyl (C=O) groups excluding carboxylic acids is 1. The van der Waals surface area contributed by atoms with Crippen molar-refractivity contribution in [3.05, 3.63) is 70.8 Å². The Morgan fingerprint density at radius 3 is 2.76 bits per heavy atom. The molecule has 150 valence electrons. The summed E-state index contributed by atoms with van der Waals surface area (Å²) in [5, 5.41) is 3.33. The largest absolute Gasteiger partial charge is 0.423 e. The molecule has 4 rings (SSSR count). The molecular formula is C20H19N3O5S. The summed E-state index contributed by atoms with van der Waals surface area (Å²) in [6.45, 7) is 0.287. The normalized spacial score (nSPS) is 17.0. The molecule has 29 heavy (non-hydrogen) atoms. The molecule has 9 heteroatoms. The van der Waals surface area contributed by atoms with Crippen LogP contribution in [-0.4, -0.2) is 36.2 Å². The lowest BCUT2D eigenvalue weighted by Gasteiger charge is -2.25. The molecule has 2 aromatic heterocycles. The number of amides is 1. The Balaban J connectivity index is 1.70. The molecule has 3 aromatic rings. The van der Waals surface area contributed by atoms with Crippen LogP contribution in [0.2, 0.25) is 0 Å². The number of rotatable bonds is 6. The number of nitrogens with zero attached hydrogens (tertiary/aromatic N) is 2. The van der Waals surface area contributed by atoms with Gasteiger partial charge in [0.15, 0.2) is 0 Å². The summed E-state index contributed by atoms with van der Waals surface area (Å²) < 4.78 is 33.3. The van der Waals surface area contributed by atoms with Crippen LogP contribution in [0.3, 0.4) is 0 Å². The quantitative estimate of drug-likeness (QED) is 0.616. The molecule has 0 saturated carbocycles. The molecule has 0 bridgehead atoms. The second-order valence-corrected chi connectivity index (χ2v) is 8.85. The minimum absolute atomic E-state index is 0.0746. The third-order valence-electron chi connectivity index (χ3n) is 4.82. The molecule has 1 atom stereocenters. The highest BCUT2D eigenvalue weighted by molar-refractivity contribution is 7.89. The Labute approximate surface area is 167 Å². The lowest BCUT2D eigenvalue weighted by Crippen LogP contribution is -2.41. The minimum atomic E-state index is -3.87. The van der Waals surface area contributed by atoms with Gasteiger partial charge in [-0.2, -0.15) is 4.31 Å². The molecule has 3 heterocycles. The van der Waals surface area contributed by atoms with Gasteiger partial charge in [-0.1, -0.05) is 6.07 Å². The number of hydrogen-bond acceptors (Lipinski definition) is 6. The van der Waals surface area contributed by atoms with E-state index in [4.69, 9.17) is 4.42 Å².